The molecule has 2 aromatic heterocycles. The monoisotopic (exact) mass is 298 g/mol. The Bertz CT molecular complexity index is 829. The van der Waals surface area contributed by atoms with Gasteiger partial charge in [-0.3, -0.25) is 0 Å². The third-order valence-electron chi connectivity index (χ3n) is 3.06. The van der Waals surface area contributed by atoms with E-state index in [1.807, 2.05) is 6.07 Å². The lowest BCUT2D eigenvalue weighted by atomic mass is 10.2. The van der Waals surface area contributed by atoms with Gasteiger partial charge in [0.1, 0.15) is 5.52 Å². The van der Waals surface area contributed by atoms with Crippen molar-refractivity contribution in [3.8, 4) is 0 Å². The summed E-state index contributed by atoms with van der Waals surface area (Å²) in [4.78, 5) is 27.3. The zero-order chi connectivity index (χ0) is 15.5. The van der Waals surface area contributed by atoms with E-state index >= 15 is 0 Å². The molecule has 0 fully saturated rings. The number of imidazole rings is 1. The fraction of sp³-hybridized carbons (Fsp3) is 0.143. The second-order valence-corrected chi connectivity index (χ2v) is 4.44. The van der Waals surface area contributed by atoms with Crippen LogP contribution in [0.5, 0.6) is 0 Å². The van der Waals surface area contributed by atoms with Crippen molar-refractivity contribution in [1.29, 1.82) is 0 Å². The van der Waals surface area contributed by atoms with E-state index in [2.05, 4.69) is 30.6 Å². The van der Waals surface area contributed by atoms with E-state index in [1.54, 1.807) is 31.6 Å². The van der Waals surface area contributed by atoms with Crippen LogP contribution in [0, 0.1) is 0 Å². The first kappa shape index (κ1) is 13.8. The molecular formula is C14H14N6O2. The summed E-state index contributed by atoms with van der Waals surface area (Å²) in [5.74, 6) is 0.619. The average molecular weight is 298 g/mol. The number of nitrogens with zero attached hydrogens (tertiary/aromatic N) is 3. The van der Waals surface area contributed by atoms with Gasteiger partial charge in [-0.05, 0) is 18.2 Å². The Kier molecular flexibility index (Phi) is 3.57. The predicted octanol–water partition coefficient (Wildman–Crippen LogP) is 1.92. The van der Waals surface area contributed by atoms with Crippen LogP contribution >= 0.6 is 0 Å². The molecular weight excluding hydrogens is 284 g/mol. The molecule has 0 saturated heterocycles. The van der Waals surface area contributed by atoms with E-state index in [0.29, 0.717) is 34.2 Å². The fourth-order valence-corrected chi connectivity index (χ4v) is 2.01. The molecule has 3 aromatic rings. The van der Waals surface area contributed by atoms with Crippen molar-refractivity contribution < 1.29 is 9.53 Å². The number of aromatic amines is 1. The molecule has 3 N–H and O–H groups in total. The van der Waals surface area contributed by atoms with Crippen molar-refractivity contribution >= 4 is 34.6 Å². The van der Waals surface area contributed by atoms with Gasteiger partial charge < -0.3 is 20.4 Å². The summed E-state index contributed by atoms with van der Waals surface area (Å²) in [7, 11) is 3.08. The summed E-state index contributed by atoms with van der Waals surface area (Å²) in [5.41, 5.74) is 2.39. The Balaban J connectivity index is 1.99. The van der Waals surface area contributed by atoms with Crippen LogP contribution in [0.2, 0.25) is 0 Å². The van der Waals surface area contributed by atoms with Crippen LogP contribution in [0.1, 0.15) is 10.4 Å². The van der Waals surface area contributed by atoms with Gasteiger partial charge in [0.2, 0.25) is 5.95 Å². The van der Waals surface area contributed by atoms with Crippen LogP contribution in [0.15, 0.2) is 30.6 Å². The van der Waals surface area contributed by atoms with E-state index in [9.17, 15) is 4.79 Å². The van der Waals surface area contributed by atoms with E-state index in [-0.39, 0.29) is 0 Å². The number of anilines is 3. The number of aromatic nitrogens is 4. The van der Waals surface area contributed by atoms with Crippen LogP contribution in [0.3, 0.4) is 0 Å². The zero-order valence-electron chi connectivity index (χ0n) is 12.0. The summed E-state index contributed by atoms with van der Waals surface area (Å²) in [6.45, 7) is 0. The highest BCUT2D eigenvalue weighted by Gasteiger charge is 2.11. The van der Waals surface area contributed by atoms with Crippen molar-refractivity contribution in [3.63, 3.8) is 0 Å². The lowest BCUT2D eigenvalue weighted by Gasteiger charge is -2.09. The molecule has 0 aliphatic rings. The summed E-state index contributed by atoms with van der Waals surface area (Å²) >= 11 is 0. The Morgan fingerprint density at radius 3 is 2.95 bits per heavy atom. The molecule has 8 heteroatoms. The number of rotatable bonds is 4. The highest BCUT2D eigenvalue weighted by Crippen LogP contribution is 2.23. The maximum Gasteiger partial charge on any atom is 0.337 e. The number of hydrogen-bond acceptors (Lipinski definition) is 7. The molecule has 22 heavy (non-hydrogen) atoms. The number of esters is 1. The lowest BCUT2D eigenvalue weighted by Crippen LogP contribution is -2.04. The number of hydrogen-bond donors (Lipinski definition) is 3. The number of ether oxygens (including phenoxy) is 1. The summed E-state index contributed by atoms with van der Waals surface area (Å²) in [5, 5.41) is 6.04. The molecule has 0 aliphatic heterocycles. The second-order valence-electron chi connectivity index (χ2n) is 4.44. The summed E-state index contributed by atoms with van der Waals surface area (Å²) in [6.07, 6.45) is 1.55. The molecule has 1 aromatic carbocycles. The minimum atomic E-state index is -0.395. The molecule has 0 amide bonds. The summed E-state index contributed by atoms with van der Waals surface area (Å²) in [6, 6.07) is 6.96. The standard InChI is InChI=1S/C14H14N6O2/c1-15-14-19-11-10(16-7-17-11)12(20-14)18-9-5-3-4-8(6-9)13(21)22-2/h3-7H,1-2H3,(H3,15,16,17,18,19,20). The molecule has 0 unspecified atom stereocenters. The third-order valence-corrected chi connectivity index (χ3v) is 3.06. The Morgan fingerprint density at radius 1 is 1.32 bits per heavy atom. The van der Waals surface area contributed by atoms with E-state index in [4.69, 9.17) is 4.74 Å². The van der Waals surface area contributed by atoms with E-state index < -0.39 is 5.97 Å². The molecule has 0 radical (unpaired) electrons. The van der Waals surface area contributed by atoms with Crippen molar-refractivity contribution in [2.45, 2.75) is 0 Å². The average Bonchev–Trinajstić information content (AvgIpc) is 3.03. The quantitative estimate of drug-likeness (QED) is 0.632. The number of benzene rings is 1. The molecule has 2 heterocycles. The molecule has 0 spiro atoms. The number of carbonyl (C=O) groups is 1. The molecule has 8 nitrogen and oxygen atoms in total. The van der Waals surface area contributed by atoms with E-state index in [1.165, 1.54) is 7.11 Å². The van der Waals surface area contributed by atoms with Crippen LogP contribution in [0.4, 0.5) is 17.5 Å². The van der Waals surface area contributed by atoms with Gasteiger partial charge in [0.05, 0.1) is 19.0 Å². The van der Waals surface area contributed by atoms with Crippen molar-refractivity contribution in [2.75, 3.05) is 24.8 Å². The van der Waals surface area contributed by atoms with Crippen LogP contribution < -0.4 is 10.6 Å². The number of fused-ring (bicyclic) bond motifs is 1. The number of carbonyl (C=O) groups excluding carboxylic acids is 1. The molecule has 0 bridgehead atoms. The van der Waals surface area contributed by atoms with Gasteiger partial charge in [0.15, 0.2) is 11.5 Å². The predicted molar refractivity (Wildman–Crippen MR) is 82.3 cm³/mol. The minimum absolute atomic E-state index is 0.395. The van der Waals surface area contributed by atoms with Crippen molar-refractivity contribution in [2.24, 2.45) is 0 Å². The van der Waals surface area contributed by atoms with Crippen LogP contribution in [-0.4, -0.2) is 40.1 Å². The van der Waals surface area contributed by atoms with Gasteiger partial charge in [-0.1, -0.05) is 6.07 Å². The summed E-state index contributed by atoms with van der Waals surface area (Å²) < 4.78 is 4.72. The second kappa shape index (κ2) is 5.68. The molecule has 0 aliphatic carbocycles. The van der Waals surface area contributed by atoms with Gasteiger partial charge >= 0.3 is 5.97 Å². The molecule has 112 valence electrons. The van der Waals surface area contributed by atoms with Crippen molar-refractivity contribution in [1.82, 2.24) is 19.9 Å². The number of nitrogens with one attached hydrogen (secondary N) is 3. The minimum Gasteiger partial charge on any atom is -0.465 e. The molecule has 0 atom stereocenters. The maximum atomic E-state index is 11.6. The SMILES string of the molecule is CNc1nc(Nc2cccc(C(=O)OC)c2)c2[nH]cnc2n1. The van der Waals surface area contributed by atoms with Gasteiger partial charge in [0.25, 0.3) is 0 Å². The molecule has 0 saturated carbocycles. The van der Waals surface area contributed by atoms with Crippen molar-refractivity contribution in [3.05, 3.63) is 36.2 Å². The van der Waals surface area contributed by atoms with Crippen LogP contribution in [0.25, 0.3) is 11.2 Å². The Hall–Kier alpha value is -3.16. The first-order valence-corrected chi connectivity index (χ1v) is 6.55. The Morgan fingerprint density at radius 2 is 2.18 bits per heavy atom. The largest absolute Gasteiger partial charge is 0.465 e. The normalized spacial score (nSPS) is 10.5. The third kappa shape index (κ3) is 2.53. The highest BCUT2D eigenvalue weighted by atomic mass is 16.5. The van der Waals surface area contributed by atoms with Gasteiger partial charge in [-0.2, -0.15) is 9.97 Å². The Labute approximate surface area is 126 Å². The van der Waals surface area contributed by atoms with Gasteiger partial charge in [0, 0.05) is 12.7 Å². The maximum absolute atomic E-state index is 11.6. The first-order valence-electron chi connectivity index (χ1n) is 6.55. The highest BCUT2D eigenvalue weighted by molar-refractivity contribution is 5.91. The van der Waals surface area contributed by atoms with Gasteiger partial charge in [-0.15, -0.1) is 0 Å². The number of H-pyrrole nitrogens is 1. The zero-order valence-corrected chi connectivity index (χ0v) is 12.0. The number of methoxy groups -OCH3 is 1. The molecule has 3 rings (SSSR count). The topological polar surface area (TPSA) is 105 Å². The smallest absolute Gasteiger partial charge is 0.337 e. The fourth-order valence-electron chi connectivity index (χ4n) is 2.01. The van der Waals surface area contributed by atoms with Gasteiger partial charge in [-0.25, -0.2) is 9.78 Å². The first-order chi connectivity index (χ1) is 10.7. The lowest BCUT2D eigenvalue weighted by molar-refractivity contribution is 0.0601. The van der Waals surface area contributed by atoms with E-state index in [0.717, 1.165) is 0 Å². The van der Waals surface area contributed by atoms with Crippen LogP contribution in [-0.2, 0) is 4.74 Å².